The maximum atomic E-state index is 13.5. The number of rotatable bonds is 7. The van der Waals surface area contributed by atoms with Crippen molar-refractivity contribution in [3.8, 4) is 23.0 Å². The van der Waals surface area contributed by atoms with E-state index in [9.17, 15) is 14.4 Å². The van der Waals surface area contributed by atoms with Crippen LogP contribution in [-0.2, 0) is 33.9 Å². The number of hydrogen-bond donors (Lipinski definition) is 2. The number of benzene rings is 2. The van der Waals surface area contributed by atoms with Crippen LogP contribution in [0.1, 0.15) is 36.3 Å². The van der Waals surface area contributed by atoms with E-state index in [0.717, 1.165) is 5.56 Å². The highest BCUT2D eigenvalue weighted by molar-refractivity contribution is 5.90. The summed E-state index contributed by atoms with van der Waals surface area (Å²) in [5.41, 5.74) is 2.13. The molecule has 1 aliphatic heterocycles. The Morgan fingerprint density at radius 2 is 2.00 bits per heavy atom. The fourth-order valence-electron chi connectivity index (χ4n) is 5.03. The van der Waals surface area contributed by atoms with E-state index in [1.807, 2.05) is 36.4 Å². The number of aromatic nitrogens is 4. The van der Waals surface area contributed by atoms with Gasteiger partial charge < -0.3 is 29.4 Å². The van der Waals surface area contributed by atoms with Crippen LogP contribution in [0.3, 0.4) is 0 Å². The van der Waals surface area contributed by atoms with E-state index < -0.39 is 11.9 Å². The van der Waals surface area contributed by atoms with Crippen molar-refractivity contribution in [3.63, 3.8) is 0 Å². The molecule has 2 aromatic heterocycles. The molecule has 0 unspecified atom stereocenters. The van der Waals surface area contributed by atoms with Crippen LogP contribution in [-0.4, -0.2) is 75.2 Å². The van der Waals surface area contributed by atoms with Gasteiger partial charge in [-0.3, -0.25) is 19.1 Å². The summed E-state index contributed by atoms with van der Waals surface area (Å²) in [7, 11) is 1.56. The lowest BCUT2D eigenvalue weighted by Gasteiger charge is -2.25. The standard InChI is InChI=1S/C32H37N7O6/c1-22-26-18-34-31(42)25(16-23-8-4-3-5-9-23)36-29(40)19-38(30(41)10-6-14-39-21-33-20-35-39)13-7-15-44-28-17-24(32(37-26)45-22)11-12-27(28)43-2/h3-5,8-9,11-12,17,20-21,25H,6-7,10,13-16,18-19H2,1-2H3,(H,34,42)(H,36,40)/t25-/m1/s1. The third-order valence-corrected chi connectivity index (χ3v) is 7.43. The third kappa shape index (κ3) is 8.46. The quantitative estimate of drug-likeness (QED) is 0.319. The predicted octanol–water partition coefficient (Wildman–Crippen LogP) is 2.69. The minimum Gasteiger partial charge on any atom is -0.493 e. The van der Waals surface area contributed by atoms with E-state index in [1.54, 1.807) is 37.2 Å². The molecule has 0 fully saturated rings. The smallest absolute Gasteiger partial charge is 0.243 e. The molecule has 13 nitrogen and oxygen atoms in total. The van der Waals surface area contributed by atoms with Gasteiger partial charge in [0.15, 0.2) is 11.5 Å². The van der Waals surface area contributed by atoms with Crippen LogP contribution in [0.2, 0.25) is 0 Å². The maximum Gasteiger partial charge on any atom is 0.243 e. The summed E-state index contributed by atoms with van der Waals surface area (Å²) >= 11 is 0. The van der Waals surface area contributed by atoms with Crippen molar-refractivity contribution in [2.45, 2.75) is 51.7 Å². The van der Waals surface area contributed by atoms with Crippen molar-refractivity contribution < 1.29 is 28.3 Å². The second-order valence-electron chi connectivity index (χ2n) is 10.7. The molecule has 3 amide bonds. The summed E-state index contributed by atoms with van der Waals surface area (Å²) in [6, 6.07) is 13.9. The Morgan fingerprint density at radius 1 is 1.16 bits per heavy atom. The van der Waals surface area contributed by atoms with Crippen LogP contribution in [0.5, 0.6) is 11.5 Å². The number of nitrogens with one attached hydrogen (secondary N) is 2. The van der Waals surface area contributed by atoms with Gasteiger partial charge in [-0.2, -0.15) is 5.10 Å². The predicted molar refractivity (Wildman–Crippen MR) is 163 cm³/mol. The summed E-state index contributed by atoms with van der Waals surface area (Å²) in [4.78, 5) is 50.2. The van der Waals surface area contributed by atoms with E-state index >= 15 is 0 Å². The molecule has 1 atom stereocenters. The summed E-state index contributed by atoms with van der Waals surface area (Å²) in [5, 5.41) is 9.83. The van der Waals surface area contributed by atoms with Gasteiger partial charge in [-0.15, -0.1) is 0 Å². The first-order valence-electron chi connectivity index (χ1n) is 14.9. The number of methoxy groups -OCH3 is 1. The molecule has 1 aliphatic rings. The van der Waals surface area contributed by atoms with E-state index in [0.29, 0.717) is 53.8 Å². The van der Waals surface area contributed by atoms with E-state index in [2.05, 4.69) is 25.7 Å². The molecule has 45 heavy (non-hydrogen) atoms. The molecule has 4 aromatic rings. The summed E-state index contributed by atoms with van der Waals surface area (Å²) in [5.74, 6) is 0.973. The molecule has 3 heterocycles. The van der Waals surface area contributed by atoms with Crippen LogP contribution in [0.15, 0.2) is 65.6 Å². The number of carbonyl (C=O) groups is 3. The lowest BCUT2D eigenvalue weighted by atomic mass is 10.0. The number of fused-ring (bicyclic) bond motifs is 5. The lowest BCUT2D eigenvalue weighted by Crippen LogP contribution is -2.51. The Kier molecular flexibility index (Phi) is 10.4. The number of hydrogen-bond acceptors (Lipinski definition) is 9. The van der Waals surface area contributed by atoms with Crippen molar-refractivity contribution in [1.82, 2.24) is 35.3 Å². The fraction of sp³-hybridized carbons (Fsp3) is 0.375. The van der Waals surface area contributed by atoms with Crippen LogP contribution in [0.4, 0.5) is 0 Å². The third-order valence-electron chi connectivity index (χ3n) is 7.43. The molecule has 0 saturated carbocycles. The molecule has 2 N–H and O–H groups in total. The van der Waals surface area contributed by atoms with Crippen molar-refractivity contribution in [1.29, 1.82) is 0 Å². The van der Waals surface area contributed by atoms with Crippen LogP contribution >= 0.6 is 0 Å². The average Bonchev–Trinajstić information content (AvgIpc) is 3.70. The largest absolute Gasteiger partial charge is 0.493 e. The summed E-state index contributed by atoms with van der Waals surface area (Å²) < 4.78 is 19.1. The number of amides is 3. The highest BCUT2D eigenvalue weighted by Gasteiger charge is 2.25. The van der Waals surface area contributed by atoms with Gasteiger partial charge in [0, 0.05) is 31.5 Å². The highest BCUT2D eigenvalue weighted by atomic mass is 16.5. The monoisotopic (exact) mass is 615 g/mol. The maximum absolute atomic E-state index is 13.5. The molecular weight excluding hydrogens is 578 g/mol. The van der Waals surface area contributed by atoms with Gasteiger partial charge in [0.1, 0.15) is 30.2 Å². The van der Waals surface area contributed by atoms with Gasteiger partial charge >= 0.3 is 0 Å². The molecule has 0 radical (unpaired) electrons. The minimum absolute atomic E-state index is 0.102. The first-order chi connectivity index (χ1) is 21.9. The topological polar surface area (TPSA) is 154 Å². The molecule has 0 aliphatic carbocycles. The summed E-state index contributed by atoms with van der Waals surface area (Å²) in [6.07, 6.45) is 4.50. The first-order valence-corrected chi connectivity index (χ1v) is 14.9. The Morgan fingerprint density at radius 3 is 2.78 bits per heavy atom. The Bertz CT molecular complexity index is 1590. The van der Waals surface area contributed by atoms with Gasteiger partial charge in [-0.05, 0) is 43.5 Å². The number of oxazole rings is 1. The molecule has 5 rings (SSSR count). The van der Waals surface area contributed by atoms with E-state index in [-0.39, 0.29) is 50.9 Å². The molecular formula is C32H37N7O6. The number of aryl methyl sites for hydroxylation is 2. The Labute approximate surface area is 260 Å². The number of carbonyl (C=O) groups excluding carboxylic acids is 3. The Hall–Kier alpha value is -5.20. The van der Waals surface area contributed by atoms with Gasteiger partial charge in [-0.1, -0.05) is 30.3 Å². The zero-order chi connectivity index (χ0) is 31.6. The second-order valence-corrected chi connectivity index (χ2v) is 10.7. The van der Waals surface area contributed by atoms with Crippen molar-refractivity contribution in [2.24, 2.45) is 0 Å². The molecule has 2 aromatic carbocycles. The second kappa shape index (κ2) is 15.0. The molecule has 0 saturated heterocycles. The lowest BCUT2D eigenvalue weighted by molar-refractivity contribution is -0.137. The average molecular weight is 616 g/mol. The minimum atomic E-state index is -0.873. The zero-order valence-electron chi connectivity index (χ0n) is 25.4. The zero-order valence-corrected chi connectivity index (χ0v) is 25.4. The molecule has 13 heteroatoms. The van der Waals surface area contributed by atoms with Gasteiger partial charge in [-0.25, -0.2) is 9.97 Å². The SMILES string of the molecule is COc1ccc2cc1OCCCN(C(=O)CCCn1cncn1)CC(=O)N[C@H](Cc1ccccc1)C(=O)NCc1nc-2oc1C. The molecule has 4 bridgehead atoms. The van der Waals surface area contributed by atoms with Crippen LogP contribution < -0.4 is 20.1 Å². The van der Waals surface area contributed by atoms with Crippen molar-refractivity contribution in [2.75, 3.05) is 26.8 Å². The normalized spacial score (nSPS) is 16.1. The molecule has 0 spiro atoms. The van der Waals surface area contributed by atoms with Gasteiger partial charge in [0.2, 0.25) is 23.6 Å². The van der Waals surface area contributed by atoms with Gasteiger partial charge in [0.25, 0.3) is 0 Å². The Balaban J connectivity index is 1.38. The summed E-state index contributed by atoms with van der Waals surface area (Å²) in [6.45, 7) is 2.74. The van der Waals surface area contributed by atoms with Crippen LogP contribution in [0.25, 0.3) is 11.5 Å². The van der Waals surface area contributed by atoms with Crippen molar-refractivity contribution in [3.05, 3.63) is 78.2 Å². The fourth-order valence-corrected chi connectivity index (χ4v) is 5.03. The van der Waals surface area contributed by atoms with E-state index in [4.69, 9.17) is 13.9 Å². The van der Waals surface area contributed by atoms with Crippen molar-refractivity contribution >= 4 is 17.7 Å². The number of ether oxygens (including phenoxy) is 2. The van der Waals surface area contributed by atoms with Gasteiger partial charge in [0.05, 0.1) is 26.8 Å². The molecule has 236 valence electrons. The highest BCUT2D eigenvalue weighted by Crippen LogP contribution is 2.33. The first kappa shape index (κ1) is 31.2. The number of nitrogens with zero attached hydrogens (tertiary/aromatic N) is 5. The van der Waals surface area contributed by atoms with E-state index in [1.165, 1.54) is 11.2 Å². The van der Waals surface area contributed by atoms with Crippen LogP contribution in [0, 0.1) is 6.92 Å².